The summed E-state index contributed by atoms with van der Waals surface area (Å²) in [6, 6.07) is 5.64. The molecule has 2 heterocycles. The third-order valence-corrected chi connectivity index (χ3v) is 3.02. The standard InChI is InChI=1S/C13H19N3O2/c1-13(2,11-5-3-4-6-14-11)15-12(17)16-7-9-18-10-8-16/h3-6H,7-10H2,1-2H3,(H,15,17). The molecule has 1 aliphatic rings. The van der Waals surface area contributed by atoms with Crippen LogP contribution in [0.25, 0.3) is 0 Å². The van der Waals surface area contributed by atoms with Gasteiger partial charge in [-0.3, -0.25) is 4.98 Å². The molecule has 2 rings (SSSR count). The van der Waals surface area contributed by atoms with Crippen molar-refractivity contribution in [3.8, 4) is 0 Å². The molecule has 0 aromatic carbocycles. The summed E-state index contributed by atoms with van der Waals surface area (Å²) in [6.07, 6.45) is 1.73. The number of carbonyl (C=O) groups excluding carboxylic acids is 1. The van der Waals surface area contributed by atoms with Crippen LogP contribution in [0.4, 0.5) is 4.79 Å². The van der Waals surface area contributed by atoms with Crippen LogP contribution in [0.15, 0.2) is 24.4 Å². The van der Waals surface area contributed by atoms with Crippen molar-refractivity contribution in [1.29, 1.82) is 0 Å². The second kappa shape index (κ2) is 5.35. The monoisotopic (exact) mass is 249 g/mol. The van der Waals surface area contributed by atoms with Gasteiger partial charge in [-0.25, -0.2) is 4.79 Å². The Morgan fingerprint density at radius 1 is 1.39 bits per heavy atom. The van der Waals surface area contributed by atoms with Crippen molar-refractivity contribution >= 4 is 6.03 Å². The van der Waals surface area contributed by atoms with Gasteiger partial charge in [-0.15, -0.1) is 0 Å². The minimum atomic E-state index is -0.476. The Morgan fingerprint density at radius 3 is 2.72 bits per heavy atom. The van der Waals surface area contributed by atoms with E-state index in [9.17, 15) is 4.79 Å². The first-order valence-electron chi connectivity index (χ1n) is 6.16. The summed E-state index contributed by atoms with van der Waals surface area (Å²) >= 11 is 0. The number of ether oxygens (including phenoxy) is 1. The third-order valence-electron chi connectivity index (χ3n) is 3.02. The lowest BCUT2D eigenvalue weighted by molar-refractivity contribution is 0.0513. The number of nitrogens with one attached hydrogen (secondary N) is 1. The third kappa shape index (κ3) is 2.98. The summed E-state index contributed by atoms with van der Waals surface area (Å²) < 4.78 is 5.23. The molecule has 98 valence electrons. The fourth-order valence-corrected chi connectivity index (χ4v) is 1.91. The molecule has 1 fully saturated rings. The zero-order valence-electron chi connectivity index (χ0n) is 10.8. The first kappa shape index (κ1) is 12.8. The Bertz CT molecular complexity index is 400. The number of carbonyl (C=O) groups is 1. The van der Waals surface area contributed by atoms with E-state index in [0.29, 0.717) is 26.3 Å². The molecule has 0 saturated carbocycles. The predicted molar refractivity (Wildman–Crippen MR) is 68.2 cm³/mol. The highest BCUT2D eigenvalue weighted by atomic mass is 16.5. The first-order valence-corrected chi connectivity index (χ1v) is 6.16. The lowest BCUT2D eigenvalue weighted by Gasteiger charge is -2.32. The van der Waals surface area contributed by atoms with E-state index in [-0.39, 0.29) is 6.03 Å². The molecule has 1 aliphatic heterocycles. The summed E-state index contributed by atoms with van der Waals surface area (Å²) in [5.74, 6) is 0. The molecule has 0 atom stereocenters. The maximum atomic E-state index is 12.1. The van der Waals surface area contributed by atoms with Crippen LogP contribution in [0, 0.1) is 0 Å². The van der Waals surface area contributed by atoms with Gasteiger partial charge >= 0.3 is 6.03 Å². The summed E-state index contributed by atoms with van der Waals surface area (Å²) in [7, 11) is 0. The highest BCUT2D eigenvalue weighted by Gasteiger charge is 2.27. The number of hydrogen-bond donors (Lipinski definition) is 1. The number of aromatic nitrogens is 1. The Morgan fingerprint density at radius 2 is 2.11 bits per heavy atom. The van der Waals surface area contributed by atoms with Crippen molar-refractivity contribution in [3.05, 3.63) is 30.1 Å². The van der Waals surface area contributed by atoms with Crippen molar-refractivity contribution in [3.63, 3.8) is 0 Å². The van der Waals surface area contributed by atoms with Gasteiger partial charge in [0, 0.05) is 19.3 Å². The fraction of sp³-hybridized carbons (Fsp3) is 0.538. The lowest BCUT2D eigenvalue weighted by Crippen LogP contribution is -2.51. The van der Waals surface area contributed by atoms with Crippen molar-refractivity contribution in [1.82, 2.24) is 15.2 Å². The average Bonchev–Trinajstić information content (AvgIpc) is 2.40. The number of rotatable bonds is 2. The van der Waals surface area contributed by atoms with E-state index in [1.807, 2.05) is 32.0 Å². The molecule has 18 heavy (non-hydrogen) atoms. The van der Waals surface area contributed by atoms with Crippen molar-refractivity contribution < 1.29 is 9.53 Å². The van der Waals surface area contributed by atoms with Crippen LogP contribution in [0.3, 0.4) is 0 Å². The van der Waals surface area contributed by atoms with Gasteiger partial charge in [-0.1, -0.05) is 6.07 Å². The molecule has 0 radical (unpaired) electrons. The molecular formula is C13H19N3O2. The first-order chi connectivity index (χ1) is 8.59. The maximum Gasteiger partial charge on any atom is 0.318 e. The summed E-state index contributed by atoms with van der Waals surface area (Å²) in [5, 5.41) is 3.01. The fourth-order valence-electron chi connectivity index (χ4n) is 1.91. The largest absolute Gasteiger partial charge is 0.378 e. The number of amides is 2. The van der Waals surface area contributed by atoms with Gasteiger partial charge in [-0.2, -0.15) is 0 Å². The normalized spacial score (nSPS) is 16.4. The average molecular weight is 249 g/mol. The number of morpholine rings is 1. The molecule has 0 unspecified atom stereocenters. The molecule has 1 aromatic rings. The molecule has 0 bridgehead atoms. The number of urea groups is 1. The Labute approximate surface area is 107 Å². The van der Waals surface area contributed by atoms with E-state index >= 15 is 0 Å². The molecule has 5 heteroatoms. The van der Waals surface area contributed by atoms with Crippen LogP contribution in [-0.4, -0.2) is 42.2 Å². The van der Waals surface area contributed by atoms with Crippen molar-refractivity contribution in [2.24, 2.45) is 0 Å². The SMILES string of the molecule is CC(C)(NC(=O)N1CCOCC1)c1ccccn1. The van der Waals surface area contributed by atoms with Gasteiger partial charge in [0.25, 0.3) is 0 Å². The Hall–Kier alpha value is -1.62. The molecule has 5 nitrogen and oxygen atoms in total. The quantitative estimate of drug-likeness (QED) is 0.861. The van der Waals surface area contributed by atoms with E-state index in [0.717, 1.165) is 5.69 Å². The zero-order valence-corrected chi connectivity index (χ0v) is 10.8. The number of nitrogens with zero attached hydrogens (tertiary/aromatic N) is 2. The van der Waals surface area contributed by atoms with Crippen LogP contribution in [0.5, 0.6) is 0 Å². The van der Waals surface area contributed by atoms with Crippen LogP contribution < -0.4 is 5.32 Å². The summed E-state index contributed by atoms with van der Waals surface area (Å²) in [6.45, 7) is 6.41. The Kier molecular flexibility index (Phi) is 3.81. The molecule has 2 amide bonds. The van der Waals surface area contributed by atoms with Gasteiger partial charge in [-0.05, 0) is 26.0 Å². The van der Waals surface area contributed by atoms with E-state index < -0.39 is 5.54 Å². The number of hydrogen-bond acceptors (Lipinski definition) is 3. The minimum Gasteiger partial charge on any atom is -0.378 e. The van der Waals surface area contributed by atoms with Crippen molar-refractivity contribution in [2.45, 2.75) is 19.4 Å². The van der Waals surface area contributed by atoms with E-state index in [1.165, 1.54) is 0 Å². The second-order valence-electron chi connectivity index (χ2n) is 4.87. The van der Waals surface area contributed by atoms with Gasteiger partial charge < -0.3 is 15.0 Å². The van der Waals surface area contributed by atoms with Gasteiger partial charge in [0.1, 0.15) is 0 Å². The zero-order chi connectivity index (χ0) is 13.0. The highest BCUT2D eigenvalue weighted by molar-refractivity contribution is 5.75. The Balaban J connectivity index is 2.01. The lowest BCUT2D eigenvalue weighted by atomic mass is 10.0. The van der Waals surface area contributed by atoms with Gasteiger partial charge in [0.2, 0.25) is 0 Å². The molecule has 1 N–H and O–H groups in total. The number of pyridine rings is 1. The van der Waals surface area contributed by atoms with Crippen LogP contribution in [0.1, 0.15) is 19.5 Å². The molecule has 0 aliphatic carbocycles. The molecule has 1 aromatic heterocycles. The summed E-state index contributed by atoms with van der Waals surface area (Å²) in [4.78, 5) is 18.2. The predicted octanol–water partition coefficient (Wildman–Crippen LogP) is 1.36. The smallest absolute Gasteiger partial charge is 0.318 e. The van der Waals surface area contributed by atoms with Crippen LogP contribution in [0.2, 0.25) is 0 Å². The minimum absolute atomic E-state index is 0.0612. The van der Waals surface area contributed by atoms with E-state index in [4.69, 9.17) is 4.74 Å². The maximum absolute atomic E-state index is 12.1. The van der Waals surface area contributed by atoms with E-state index in [1.54, 1.807) is 11.1 Å². The van der Waals surface area contributed by atoms with Crippen LogP contribution in [-0.2, 0) is 10.3 Å². The van der Waals surface area contributed by atoms with Gasteiger partial charge in [0.05, 0.1) is 24.4 Å². The van der Waals surface area contributed by atoms with Crippen LogP contribution >= 0.6 is 0 Å². The molecular weight excluding hydrogens is 230 g/mol. The molecule has 0 spiro atoms. The topological polar surface area (TPSA) is 54.5 Å². The molecule has 1 saturated heterocycles. The van der Waals surface area contributed by atoms with Crippen molar-refractivity contribution in [2.75, 3.05) is 26.3 Å². The van der Waals surface area contributed by atoms with Gasteiger partial charge in [0.15, 0.2) is 0 Å². The second-order valence-corrected chi connectivity index (χ2v) is 4.87. The van der Waals surface area contributed by atoms with E-state index in [2.05, 4.69) is 10.3 Å². The highest BCUT2D eigenvalue weighted by Crippen LogP contribution is 2.17. The summed E-state index contributed by atoms with van der Waals surface area (Å²) in [5.41, 5.74) is 0.378.